The van der Waals surface area contributed by atoms with Gasteiger partial charge in [-0.15, -0.1) is 0 Å². The summed E-state index contributed by atoms with van der Waals surface area (Å²) in [7, 11) is 0. The fourth-order valence-corrected chi connectivity index (χ4v) is 2.92. The van der Waals surface area contributed by atoms with Gasteiger partial charge in [0.25, 0.3) is 0 Å². The fourth-order valence-electron chi connectivity index (χ4n) is 2.92. The zero-order valence-electron chi connectivity index (χ0n) is 13.9. The number of benzene rings is 1. The first kappa shape index (κ1) is 18.2. The van der Waals surface area contributed by atoms with Crippen LogP contribution in [0.2, 0.25) is 0 Å². The van der Waals surface area contributed by atoms with Crippen molar-refractivity contribution >= 4 is 11.6 Å². The molecule has 7 heteroatoms. The van der Waals surface area contributed by atoms with E-state index in [1.807, 2.05) is 0 Å². The number of fused-ring (bicyclic) bond motifs is 1. The highest BCUT2D eigenvalue weighted by atomic mass is 19.4. The molecule has 1 aliphatic carbocycles. The molecule has 0 saturated heterocycles. The summed E-state index contributed by atoms with van der Waals surface area (Å²) in [6.45, 7) is 0.722. The highest BCUT2D eigenvalue weighted by Gasteiger charge is 2.34. The minimum Gasteiger partial charge on any atom is -0.486 e. The SMILES string of the molecule is O=C(CCC(=O)c1cccc2c1OCCO2)C1=CCCC(C(F)(F)F)=C1. The topological polar surface area (TPSA) is 52.6 Å². The van der Waals surface area contributed by atoms with Crippen molar-refractivity contribution in [2.45, 2.75) is 31.9 Å². The van der Waals surface area contributed by atoms with Crippen molar-refractivity contribution in [1.29, 1.82) is 0 Å². The van der Waals surface area contributed by atoms with Gasteiger partial charge in [0.05, 0.1) is 5.56 Å². The van der Waals surface area contributed by atoms with Crippen LogP contribution in [-0.2, 0) is 4.79 Å². The van der Waals surface area contributed by atoms with Crippen LogP contribution in [0.3, 0.4) is 0 Å². The van der Waals surface area contributed by atoms with Crippen molar-refractivity contribution in [3.63, 3.8) is 0 Å². The van der Waals surface area contributed by atoms with E-state index < -0.39 is 17.5 Å². The number of para-hydroxylation sites is 1. The molecule has 1 aliphatic heterocycles. The van der Waals surface area contributed by atoms with Crippen LogP contribution >= 0.6 is 0 Å². The van der Waals surface area contributed by atoms with Gasteiger partial charge in [-0.25, -0.2) is 0 Å². The van der Waals surface area contributed by atoms with E-state index in [4.69, 9.17) is 9.47 Å². The molecular weight excluding hydrogens is 349 g/mol. The van der Waals surface area contributed by atoms with Gasteiger partial charge in [0, 0.05) is 24.0 Å². The first-order chi connectivity index (χ1) is 12.4. The van der Waals surface area contributed by atoms with E-state index in [1.54, 1.807) is 18.2 Å². The second-order valence-corrected chi connectivity index (χ2v) is 6.04. The highest BCUT2D eigenvalue weighted by molar-refractivity contribution is 6.04. The number of Topliss-reactive ketones (excluding diaryl/α,β-unsaturated/α-hetero) is 2. The third-order valence-electron chi connectivity index (χ3n) is 4.24. The number of ketones is 2. The molecule has 0 saturated carbocycles. The van der Waals surface area contributed by atoms with Gasteiger partial charge in [-0.2, -0.15) is 13.2 Å². The summed E-state index contributed by atoms with van der Waals surface area (Å²) in [4.78, 5) is 24.6. The van der Waals surface area contributed by atoms with E-state index >= 15 is 0 Å². The van der Waals surface area contributed by atoms with E-state index in [0.717, 1.165) is 6.08 Å². The normalized spacial score (nSPS) is 16.6. The lowest BCUT2D eigenvalue weighted by Gasteiger charge is -2.20. The second-order valence-electron chi connectivity index (χ2n) is 6.04. The van der Waals surface area contributed by atoms with Gasteiger partial charge in [-0.3, -0.25) is 9.59 Å². The minimum atomic E-state index is -4.43. The Bertz CT molecular complexity index is 790. The number of allylic oxidation sites excluding steroid dienone is 4. The molecule has 138 valence electrons. The van der Waals surface area contributed by atoms with Crippen molar-refractivity contribution in [3.05, 3.63) is 47.1 Å². The van der Waals surface area contributed by atoms with E-state index in [9.17, 15) is 22.8 Å². The van der Waals surface area contributed by atoms with Crippen molar-refractivity contribution in [3.8, 4) is 11.5 Å². The number of hydrogen-bond donors (Lipinski definition) is 0. The van der Waals surface area contributed by atoms with Gasteiger partial charge in [-0.1, -0.05) is 12.1 Å². The monoisotopic (exact) mass is 366 g/mol. The first-order valence-corrected chi connectivity index (χ1v) is 8.29. The van der Waals surface area contributed by atoms with E-state index in [2.05, 4.69) is 0 Å². The summed E-state index contributed by atoms with van der Waals surface area (Å²) in [5.41, 5.74) is -0.373. The van der Waals surface area contributed by atoms with Crippen molar-refractivity contribution in [2.24, 2.45) is 0 Å². The van der Waals surface area contributed by atoms with Gasteiger partial charge in [0.1, 0.15) is 13.2 Å². The highest BCUT2D eigenvalue weighted by Crippen LogP contribution is 2.35. The Morgan fingerprint density at radius 1 is 1.04 bits per heavy atom. The van der Waals surface area contributed by atoms with Crippen molar-refractivity contribution in [1.82, 2.24) is 0 Å². The summed E-state index contributed by atoms with van der Waals surface area (Å²) < 4.78 is 49.2. The quantitative estimate of drug-likeness (QED) is 0.733. The van der Waals surface area contributed by atoms with Gasteiger partial charge in [0.15, 0.2) is 23.1 Å². The summed E-state index contributed by atoms with van der Waals surface area (Å²) in [6.07, 6.45) is -2.29. The van der Waals surface area contributed by atoms with Gasteiger partial charge >= 0.3 is 6.18 Å². The van der Waals surface area contributed by atoms with Crippen LogP contribution in [-0.4, -0.2) is 31.0 Å². The van der Waals surface area contributed by atoms with Crippen molar-refractivity contribution in [2.75, 3.05) is 13.2 Å². The number of carbonyl (C=O) groups excluding carboxylic acids is 2. The molecule has 0 N–H and O–H groups in total. The maximum atomic E-state index is 12.8. The molecule has 26 heavy (non-hydrogen) atoms. The maximum absolute atomic E-state index is 12.8. The third kappa shape index (κ3) is 3.98. The summed E-state index contributed by atoms with van der Waals surface area (Å²) in [5.74, 6) is 0.0485. The van der Waals surface area contributed by atoms with E-state index in [1.165, 1.54) is 6.08 Å². The minimum absolute atomic E-state index is 0.0195. The van der Waals surface area contributed by atoms with Gasteiger partial charge < -0.3 is 9.47 Å². The molecule has 0 spiro atoms. The first-order valence-electron chi connectivity index (χ1n) is 8.29. The molecule has 1 aromatic carbocycles. The zero-order chi connectivity index (χ0) is 18.7. The largest absolute Gasteiger partial charge is 0.486 e. The molecule has 0 unspecified atom stereocenters. The molecule has 1 heterocycles. The van der Waals surface area contributed by atoms with Crippen LogP contribution < -0.4 is 9.47 Å². The van der Waals surface area contributed by atoms with E-state index in [0.29, 0.717) is 30.3 Å². The number of alkyl halides is 3. The molecule has 4 nitrogen and oxygen atoms in total. The molecule has 2 aliphatic rings. The van der Waals surface area contributed by atoms with Crippen LogP contribution in [0, 0.1) is 0 Å². The average molecular weight is 366 g/mol. The number of rotatable bonds is 5. The van der Waals surface area contributed by atoms with Crippen LogP contribution in [0.25, 0.3) is 0 Å². The lowest BCUT2D eigenvalue weighted by Crippen LogP contribution is -2.18. The van der Waals surface area contributed by atoms with Crippen LogP contribution in [0.4, 0.5) is 13.2 Å². The summed E-state index contributed by atoms with van der Waals surface area (Å²) in [6, 6.07) is 4.93. The Morgan fingerprint density at radius 3 is 2.54 bits per heavy atom. The molecule has 0 bridgehead atoms. The maximum Gasteiger partial charge on any atom is 0.412 e. The molecule has 0 fully saturated rings. The van der Waals surface area contributed by atoms with Gasteiger partial charge in [0.2, 0.25) is 0 Å². The molecular formula is C19H17F3O4. The molecule has 0 radical (unpaired) electrons. The lowest BCUT2D eigenvalue weighted by atomic mass is 9.93. The Morgan fingerprint density at radius 2 is 1.77 bits per heavy atom. The van der Waals surface area contributed by atoms with E-state index in [-0.39, 0.29) is 37.0 Å². The fraction of sp³-hybridized carbons (Fsp3) is 0.368. The Kier molecular flexibility index (Phi) is 5.15. The molecule has 0 aromatic heterocycles. The molecule has 3 rings (SSSR count). The number of carbonyl (C=O) groups is 2. The number of halogens is 3. The Balaban J connectivity index is 1.66. The third-order valence-corrected chi connectivity index (χ3v) is 4.24. The lowest BCUT2D eigenvalue weighted by molar-refractivity contribution is -0.115. The Labute approximate surface area is 148 Å². The summed E-state index contributed by atoms with van der Waals surface area (Å²) >= 11 is 0. The molecule has 0 atom stereocenters. The number of hydrogen-bond acceptors (Lipinski definition) is 4. The van der Waals surface area contributed by atoms with Crippen LogP contribution in [0.5, 0.6) is 11.5 Å². The second kappa shape index (κ2) is 7.35. The molecule has 0 amide bonds. The number of ether oxygens (including phenoxy) is 2. The zero-order valence-corrected chi connectivity index (χ0v) is 13.9. The predicted molar refractivity (Wildman–Crippen MR) is 87.5 cm³/mol. The molecule has 1 aromatic rings. The van der Waals surface area contributed by atoms with Crippen molar-refractivity contribution < 1.29 is 32.2 Å². The van der Waals surface area contributed by atoms with Crippen LogP contribution in [0.1, 0.15) is 36.0 Å². The summed E-state index contributed by atoms with van der Waals surface area (Å²) in [5, 5.41) is 0. The van der Waals surface area contributed by atoms with Gasteiger partial charge in [-0.05, 0) is 31.1 Å². The van der Waals surface area contributed by atoms with Crippen LogP contribution in [0.15, 0.2) is 41.5 Å². The average Bonchev–Trinajstić information content (AvgIpc) is 2.64. The Hall–Kier alpha value is -2.57. The standard InChI is InChI=1S/C19H17F3O4/c20-19(21,22)13-4-1-3-12(11-13)15(23)7-8-16(24)14-5-2-6-17-18(14)26-10-9-25-17/h2-3,5-6,11H,1,4,7-10H2. The smallest absolute Gasteiger partial charge is 0.412 e. The predicted octanol–water partition coefficient (Wildman–Crippen LogP) is 4.20.